The van der Waals surface area contributed by atoms with E-state index < -0.39 is 0 Å². The standard InChI is InChI=1S/C20H21N3O2/c1-14-21-19-11-17(25-13-15-5-3-2-4-6-15)7-8-18(19)20(22-14)23-10-9-16(24)12-23/h2-8,11,16,24H,9-10,12-13H2,1H3/t16-/m0/s1. The SMILES string of the molecule is Cc1nc(N2CC[C@H](O)C2)c2ccc(OCc3ccccc3)cc2n1. The zero-order valence-electron chi connectivity index (χ0n) is 14.2. The van der Waals surface area contributed by atoms with E-state index in [4.69, 9.17) is 4.74 Å². The number of hydrogen-bond donors (Lipinski definition) is 1. The fourth-order valence-corrected chi connectivity index (χ4v) is 3.21. The van der Waals surface area contributed by atoms with Crippen LogP contribution in [0.15, 0.2) is 48.5 Å². The molecule has 0 saturated carbocycles. The number of ether oxygens (including phenoxy) is 1. The second-order valence-electron chi connectivity index (χ2n) is 6.44. The van der Waals surface area contributed by atoms with Gasteiger partial charge in [0.1, 0.15) is 24.0 Å². The number of hydrogen-bond acceptors (Lipinski definition) is 5. The number of rotatable bonds is 4. The van der Waals surface area contributed by atoms with Crippen molar-refractivity contribution in [2.24, 2.45) is 0 Å². The second kappa shape index (κ2) is 6.69. The quantitative estimate of drug-likeness (QED) is 0.794. The molecule has 128 valence electrons. The molecule has 0 bridgehead atoms. The lowest BCUT2D eigenvalue weighted by molar-refractivity contribution is 0.198. The Bertz CT molecular complexity index is 883. The fourth-order valence-electron chi connectivity index (χ4n) is 3.21. The highest BCUT2D eigenvalue weighted by Gasteiger charge is 2.23. The Morgan fingerprint density at radius 1 is 1.16 bits per heavy atom. The lowest BCUT2D eigenvalue weighted by Gasteiger charge is -2.19. The molecule has 1 atom stereocenters. The molecule has 2 aromatic carbocycles. The number of nitrogens with zero attached hydrogens (tertiary/aromatic N) is 3. The molecular formula is C20H21N3O2. The van der Waals surface area contributed by atoms with Crippen molar-refractivity contribution in [2.75, 3.05) is 18.0 Å². The largest absolute Gasteiger partial charge is 0.489 e. The minimum atomic E-state index is -0.279. The molecule has 1 aliphatic heterocycles. The maximum absolute atomic E-state index is 9.82. The van der Waals surface area contributed by atoms with Gasteiger partial charge in [0.15, 0.2) is 0 Å². The Kier molecular flexibility index (Phi) is 4.24. The van der Waals surface area contributed by atoms with Gasteiger partial charge < -0.3 is 14.7 Å². The molecule has 0 aliphatic carbocycles. The van der Waals surface area contributed by atoms with E-state index in [1.807, 2.05) is 55.5 Å². The Hall–Kier alpha value is -2.66. The van der Waals surface area contributed by atoms with Gasteiger partial charge in [-0.15, -0.1) is 0 Å². The molecular weight excluding hydrogens is 314 g/mol. The summed E-state index contributed by atoms with van der Waals surface area (Å²) in [5, 5.41) is 10.8. The average Bonchev–Trinajstić information content (AvgIpc) is 3.06. The van der Waals surface area contributed by atoms with Gasteiger partial charge in [0.25, 0.3) is 0 Å². The van der Waals surface area contributed by atoms with E-state index in [2.05, 4.69) is 14.9 Å². The number of aliphatic hydroxyl groups is 1. The first-order valence-corrected chi connectivity index (χ1v) is 8.57. The summed E-state index contributed by atoms with van der Waals surface area (Å²) in [7, 11) is 0. The monoisotopic (exact) mass is 335 g/mol. The summed E-state index contributed by atoms with van der Waals surface area (Å²) >= 11 is 0. The van der Waals surface area contributed by atoms with Gasteiger partial charge in [-0.05, 0) is 31.0 Å². The van der Waals surface area contributed by atoms with Crippen molar-refractivity contribution in [1.29, 1.82) is 0 Å². The molecule has 3 aromatic rings. The van der Waals surface area contributed by atoms with Crippen molar-refractivity contribution < 1.29 is 9.84 Å². The van der Waals surface area contributed by atoms with Crippen molar-refractivity contribution in [2.45, 2.75) is 26.1 Å². The van der Waals surface area contributed by atoms with Gasteiger partial charge >= 0.3 is 0 Å². The smallest absolute Gasteiger partial charge is 0.140 e. The number of aromatic nitrogens is 2. The number of benzene rings is 2. The first-order valence-electron chi connectivity index (χ1n) is 8.57. The number of aliphatic hydroxyl groups excluding tert-OH is 1. The number of anilines is 1. The molecule has 2 heterocycles. The Morgan fingerprint density at radius 3 is 2.76 bits per heavy atom. The topological polar surface area (TPSA) is 58.5 Å². The predicted octanol–water partition coefficient (Wildman–Crippen LogP) is 3.09. The predicted molar refractivity (Wildman–Crippen MR) is 97.9 cm³/mol. The van der Waals surface area contributed by atoms with Crippen molar-refractivity contribution >= 4 is 16.7 Å². The van der Waals surface area contributed by atoms with Gasteiger partial charge in [-0.1, -0.05) is 30.3 Å². The normalized spacial score (nSPS) is 17.2. The molecule has 1 N–H and O–H groups in total. The third-order valence-electron chi connectivity index (χ3n) is 4.47. The lowest BCUT2D eigenvalue weighted by atomic mass is 10.2. The van der Waals surface area contributed by atoms with Crippen LogP contribution in [-0.2, 0) is 6.61 Å². The van der Waals surface area contributed by atoms with E-state index in [-0.39, 0.29) is 6.10 Å². The van der Waals surface area contributed by atoms with Crippen LogP contribution in [0, 0.1) is 6.92 Å². The first-order chi connectivity index (χ1) is 12.2. The third kappa shape index (κ3) is 3.42. The zero-order chi connectivity index (χ0) is 17.2. The van der Waals surface area contributed by atoms with E-state index in [1.54, 1.807) is 0 Å². The number of fused-ring (bicyclic) bond motifs is 1. The van der Waals surface area contributed by atoms with Crippen LogP contribution in [0.5, 0.6) is 5.75 Å². The summed E-state index contributed by atoms with van der Waals surface area (Å²) in [6.45, 7) is 3.87. The van der Waals surface area contributed by atoms with Crippen LogP contribution in [-0.4, -0.2) is 34.3 Å². The van der Waals surface area contributed by atoms with Gasteiger partial charge in [-0.2, -0.15) is 0 Å². The molecule has 0 unspecified atom stereocenters. The molecule has 5 nitrogen and oxygen atoms in total. The molecule has 1 aliphatic rings. The molecule has 1 saturated heterocycles. The van der Waals surface area contributed by atoms with Gasteiger partial charge in [0.05, 0.1) is 11.6 Å². The molecule has 5 heteroatoms. The van der Waals surface area contributed by atoms with Crippen LogP contribution in [0.1, 0.15) is 17.8 Å². The van der Waals surface area contributed by atoms with Crippen LogP contribution >= 0.6 is 0 Å². The summed E-state index contributed by atoms with van der Waals surface area (Å²) < 4.78 is 5.91. The fraction of sp³-hybridized carbons (Fsp3) is 0.300. The van der Waals surface area contributed by atoms with Gasteiger partial charge in [0.2, 0.25) is 0 Å². The van der Waals surface area contributed by atoms with E-state index >= 15 is 0 Å². The van der Waals surface area contributed by atoms with Gasteiger partial charge in [-0.3, -0.25) is 0 Å². The Morgan fingerprint density at radius 2 is 2.00 bits per heavy atom. The number of β-amino-alcohol motifs (C(OH)–C–C–N with tert-alkyl or cyclic N) is 1. The van der Waals surface area contributed by atoms with Crippen molar-refractivity contribution in [3.63, 3.8) is 0 Å². The Labute approximate surface area is 146 Å². The highest BCUT2D eigenvalue weighted by Crippen LogP contribution is 2.29. The summed E-state index contributed by atoms with van der Waals surface area (Å²) in [6.07, 6.45) is 0.502. The molecule has 1 fully saturated rings. The second-order valence-corrected chi connectivity index (χ2v) is 6.44. The average molecular weight is 335 g/mol. The highest BCUT2D eigenvalue weighted by molar-refractivity contribution is 5.90. The van der Waals surface area contributed by atoms with Crippen LogP contribution in [0.25, 0.3) is 10.9 Å². The molecule has 1 aromatic heterocycles. The van der Waals surface area contributed by atoms with E-state index in [0.29, 0.717) is 13.2 Å². The maximum atomic E-state index is 9.82. The summed E-state index contributed by atoms with van der Waals surface area (Å²) in [4.78, 5) is 11.3. The summed E-state index contributed by atoms with van der Waals surface area (Å²) in [5.41, 5.74) is 2.00. The minimum Gasteiger partial charge on any atom is -0.489 e. The zero-order valence-corrected chi connectivity index (χ0v) is 14.2. The van der Waals surface area contributed by atoms with E-state index in [0.717, 1.165) is 46.8 Å². The Balaban J connectivity index is 1.62. The summed E-state index contributed by atoms with van der Waals surface area (Å²) in [6, 6.07) is 16.0. The first kappa shape index (κ1) is 15.8. The summed E-state index contributed by atoms with van der Waals surface area (Å²) in [5.74, 6) is 2.42. The highest BCUT2D eigenvalue weighted by atomic mass is 16.5. The third-order valence-corrected chi connectivity index (χ3v) is 4.47. The van der Waals surface area contributed by atoms with E-state index in [1.165, 1.54) is 0 Å². The van der Waals surface area contributed by atoms with Crippen molar-refractivity contribution in [3.05, 3.63) is 59.9 Å². The molecule has 0 spiro atoms. The van der Waals surface area contributed by atoms with Crippen LogP contribution < -0.4 is 9.64 Å². The molecule has 4 rings (SSSR count). The van der Waals surface area contributed by atoms with Gasteiger partial charge in [0, 0.05) is 24.5 Å². The maximum Gasteiger partial charge on any atom is 0.140 e. The molecule has 25 heavy (non-hydrogen) atoms. The molecule has 0 radical (unpaired) electrons. The van der Waals surface area contributed by atoms with Crippen LogP contribution in [0.2, 0.25) is 0 Å². The van der Waals surface area contributed by atoms with Crippen molar-refractivity contribution in [1.82, 2.24) is 9.97 Å². The van der Waals surface area contributed by atoms with Crippen LogP contribution in [0.4, 0.5) is 5.82 Å². The molecule has 0 amide bonds. The lowest BCUT2D eigenvalue weighted by Crippen LogP contribution is -2.23. The van der Waals surface area contributed by atoms with Crippen molar-refractivity contribution in [3.8, 4) is 5.75 Å². The number of aryl methyl sites for hydroxylation is 1. The minimum absolute atomic E-state index is 0.279. The van der Waals surface area contributed by atoms with Crippen LogP contribution in [0.3, 0.4) is 0 Å². The van der Waals surface area contributed by atoms with E-state index in [9.17, 15) is 5.11 Å². The van der Waals surface area contributed by atoms with Gasteiger partial charge in [-0.25, -0.2) is 9.97 Å².